The van der Waals surface area contributed by atoms with Gasteiger partial charge in [-0.25, -0.2) is 0 Å². The molecule has 1 atom stereocenters. The van der Waals surface area contributed by atoms with Crippen LogP contribution in [0.3, 0.4) is 0 Å². The first-order chi connectivity index (χ1) is 12.4. The highest BCUT2D eigenvalue weighted by Crippen LogP contribution is 2.38. The minimum absolute atomic E-state index is 0.218. The zero-order valence-corrected chi connectivity index (χ0v) is 14.2. The molecule has 0 spiro atoms. The third-order valence-corrected chi connectivity index (χ3v) is 4.39. The van der Waals surface area contributed by atoms with Crippen LogP contribution >= 0.6 is 0 Å². The van der Waals surface area contributed by atoms with Crippen LogP contribution in [0, 0.1) is 0 Å². The molecular weight excluding hydrogens is 343 g/mol. The second kappa shape index (κ2) is 7.23. The monoisotopic (exact) mass is 361 g/mol. The van der Waals surface area contributed by atoms with Crippen molar-refractivity contribution in [1.29, 1.82) is 0 Å². The molecule has 1 aliphatic rings. The van der Waals surface area contributed by atoms with Gasteiger partial charge in [-0.15, -0.1) is 0 Å². The molecule has 136 valence electrons. The third-order valence-electron chi connectivity index (χ3n) is 4.39. The first-order valence-corrected chi connectivity index (χ1v) is 8.14. The number of carbonyl (C=O) groups is 1. The number of Topliss-reactive ketones (excluding diaryl/α,β-unsaturated/α-hetero) is 1. The lowest BCUT2D eigenvalue weighted by atomic mass is 9.92. The average Bonchev–Trinajstić information content (AvgIpc) is 2.63. The van der Waals surface area contributed by atoms with E-state index < -0.39 is 23.6 Å². The molecule has 2 aromatic carbocycles. The van der Waals surface area contributed by atoms with E-state index in [0.717, 1.165) is 17.3 Å². The van der Waals surface area contributed by atoms with Crippen LogP contribution in [-0.4, -0.2) is 24.0 Å². The number of nitrogens with zero attached hydrogens (tertiary/aromatic N) is 1. The molecule has 0 aliphatic carbocycles. The van der Waals surface area contributed by atoms with Crippen molar-refractivity contribution in [2.45, 2.75) is 25.2 Å². The van der Waals surface area contributed by atoms with Crippen LogP contribution in [0.2, 0.25) is 0 Å². The number of hydrogen-bond acceptors (Lipinski definition) is 3. The van der Waals surface area contributed by atoms with Crippen molar-refractivity contribution in [1.82, 2.24) is 4.90 Å². The van der Waals surface area contributed by atoms with Crippen molar-refractivity contribution >= 4 is 5.78 Å². The molecule has 0 aromatic heterocycles. The Labute approximate surface area is 149 Å². The molecule has 0 saturated carbocycles. The highest BCUT2D eigenvalue weighted by Gasteiger charge is 2.43. The fourth-order valence-electron chi connectivity index (χ4n) is 3.05. The quantitative estimate of drug-likeness (QED) is 0.793. The Morgan fingerprint density at radius 1 is 1.08 bits per heavy atom. The summed E-state index contributed by atoms with van der Waals surface area (Å²) in [5, 5.41) is 0. The summed E-state index contributed by atoms with van der Waals surface area (Å²) < 4.78 is 44.7. The largest absolute Gasteiger partial charge is 0.497 e. The van der Waals surface area contributed by atoms with Gasteiger partial charge in [-0.05, 0) is 23.3 Å². The first-order valence-electron chi connectivity index (χ1n) is 8.14. The van der Waals surface area contributed by atoms with Gasteiger partial charge in [0.1, 0.15) is 11.3 Å². The minimum Gasteiger partial charge on any atom is -0.497 e. The first kappa shape index (κ1) is 18.0. The maximum absolute atomic E-state index is 13.2. The molecule has 2 aromatic rings. The van der Waals surface area contributed by atoms with Gasteiger partial charge >= 0.3 is 6.18 Å². The summed E-state index contributed by atoms with van der Waals surface area (Å²) in [4.78, 5) is 13.7. The van der Waals surface area contributed by atoms with Gasteiger partial charge in [-0.2, -0.15) is 13.2 Å². The molecule has 26 heavy (non-hydrogen) atoms. The standard InChI is InChI=1S/C20H18F3NO2/c1-26-16-9-7-15(8-10-16)18-11-19(25)17(20(21,22)23)13-24(18)12-14-5-3-2-4-6-14/h2-10,13,18H,11-12H2,1H3. The highest BCUT2D eigenvalue weighted by molar-refractivity contribution is 5.97. The molecule has 0 bridgehead atoms. The lowest BCUT2D eigenvalue weighted by molar-refractivity contribution is -0.132. The van der Waals surface area contributed by atoms with Gasteiger partial charge in [0, 0.05) is 19.2 Å². The molecule has 0 radical (unpaired) electrons. The van der Waals surface area contributed by atoms with Crippen LogP contribution in [0.25, 0.3) is 0 Å². The molecule has 0 amide bonds. The van der Waals surface area contributed by atoms with Crippen molar-refractivity contribution in [2.24, 2.45) is 0 Å². The number of alkyl halides is 3. The maximum atomic E-state index is 13.2. The van der Waals surface area contributed by atoms with E-state index in [9.17, 15) is 18.0 Å². The van der Waals surface area contributed by atoms with Crippen molar-refractivity contribution in [2.75, 3.05) is 7.11 Å². The molecule has 3 nitrogen and oxygen atoms in total. The van der Waals surface area contributed by atoms with Crippen molar-refractivity contribution < 1.29 is 22.7 Å². The molecule has 1 aliphatic heterocycles. The Bertz CT molecular complexity index is 798. The van der Waals surface area contributed by atoms with Gasteiger partial charge in [-0.1, -0.05) is 42.5 Å². The molecular formula is C20H18F3NO2. The Hall–Kier alpha value is -2.76. The van der Waals surface area contributed by atoms with Crippen LogP contribution in [0.4, 0.5) is 13.2 Å². The van der Waals surface area contributed by atoms with E-state index in [1.165, 1.54) is 0 Å². The summed E-state index contributed by atoms with van der Waals surface area (Å²) in [7, 11) is 1.54. The van der Waals surface area contributed by atoms with Crippen molar-refractivity contribution in [3.63, 3.8) is 0 Å². The van der Waals surface area contributed by atoms with Gasteiger partial charge in [0.15, 0.2) is 5.78 Å². The SMILES string of the molecule is COc1ccc(C2CC(=O)C(C(F)(F)F)=CN2Cc2ccccc2)cc1. The molecule has 0 fully saturated rings. The zero-order valence-electron chi connectivity index (χ0n) is 14.2. The average molecular weight is 361 g/mol. The fraction of sp³-hybridized carbons (Fsp3) is 0.250. The lowest BCUT2D eigenvalue weighted by Crippen LogP contribution is -2.35. The topological polar surface area (TPSA) is 29.5 Å². The normalized spacial score (nSPS) is 17.8. The van der Waals surface area contributed by atoms with E-state index in [1.807, 2.05) is 30.3 Å². The molecule has 1 heterocycles. The Kier molecular flexibility index (Phi) is 5.02. The number of ketones is 1. The van der Waals surface area contributed by atoms with Gasteiger partial charge in [-0.3, -0.25) is 4.79 Å². The van der Waals surface area contributed by atoms with Crippen LogP contribution in [0.1, 0.15) is 23.6 Å². The summed E-state index contributed by atoms with van der Waals surface area (Å²) in [6.07, 6.45) is -3.92. The Balaban J connectivity index is 1.97. The van der Waals surface area contributed by atoms with Crippen molar-refractivity contribution in [3.8, 4) is 5.75 Å². The summed E-state index contributed by atoms with van der Waals surface area (Å²) in [6, 6.07) is 15.8. The molecule has 1 unspecified atom stereocenters. The van der Waals surface area contributed by atoms with E-state index in [-0.39, 0.29) is 13.0 Å². The fourth-order valence-corrected chi connectivity index (χ4v) is 3.05. The summed E-state index contributed by atoms with van der Waals surface area (Å²) in [6.45, 7) is 0.282. The number of halogens is 3. The molecule has 0 N–H and O–H groups in total. The van der Waals surface area contributed by atoms with Crippen LogP contribution in [0.15, 0.2) is 66.4 Å². The van der Waals surface area contributed by atoms with E-state index in [1.54, 1.807) is 36.3 Å². The van der Waals surface area contributed by atoms with Gasteiger partial charge in [0.2, 0.25) is 0 Å². The van der Waals surface area contributed by atoms with E-state index in [4.69, 9.17) is 4.74 Å². The smallest absolute Gasteiger partial charge is 0.421 e. The number of ether oxygens (including phenoxy) is 1. The number of carbonyl (C=O) groups excluding carboxylic acids is 1. The Morgan fingerprint density at radius 2 is 1.73 bits per heavy atom. The number of methoxy groups -OCH3 is 1. The van der Waals surface area contributed by atoms with Crippen LogP contribution in [-0.2, 0) is 11.3 Å². The summed E-state index contributed by atoms with van der Waals surface area (Å²) in [5.74, 6) is -0.236. The number of benzene rings is 2. The minimum atomic E-state index is -4.66. The second-order valence-corrected chi connectivity index (χ2v) is 6.11. The van der Waals surface area contributed by atoms with Crippen LogP contribution in [0.5, 0.6) is 5.75 Å². The van der Waals surface area contributed by atoms with Crippen LogP contribution < -0.4 is 4.74 Å². The van der Waals surface area contributed by atoms with Gasteiger partial charge in [0.25, 0.3) is 0 Å². The number of hydrogen-bond donors (Lipinski definition) is 0. The Morgan fingerprint density at radius 3 is 2.31 bits per heavy atom. The lowest BCUT2D eigenvalue weighted by Gasteiger charge is -2.35. The van der Waals surface area contributed by atoms with Crippen molar-refractivity contribution in [3.05, 3.63) is 77.5 Å². The predicted octanol–water partition coefficient (Wildman–Crippen LogP) is 4.66. The number of allylic oxidation sites excluding steroid dienone is 1. The number of rotatable bonds is 4. The predicted molar refractivity (Wildman–Crippen MR) is 91.5 cm³/mol. The van der Waals surface area contributed by atoms with E-state index in [2.05, 4.69) is 0 Å². The summed E-state index contributed by atoms with van der Waals surface area (Å²) in [5.41, 5.74) is 0.545. The third kappa shape index (κ3) is 3.90. The van der Waals surface area contributed by atoms with E-state index >= 15 is 0 Å². The zero-order chi connectivity index (χ0) is 18.7. The van der Waals surface area contributed by atoms with Gasteiger partial charge < -0.3 is 9.64 Å². The molecule has 6 heteroatoms. The van der Waals surface area contributed by atoms with E-state index in [0.29, 0.717) is 5.75 Å². The maximum Gasteiger partial charge on any atom is 0.421 e. The second-order valence-electron chi connectivity index (χ2n) is 6.11. The highest BCUT2D eigenvalue weighted by atomic mass is 19.4. The summed E-state index contributed by atoms with van der Waals surface area (Å²) >= 11 is 0. The molecule has 3 rings (SSSR count). The van der Waals surface area contributed by atoms with Gasteiger partial charge in [0.05, 0.1) is 13.2 Å². The molecule has 0 saturated heterocycles.